The van der Waals surface area contributed by atoms with E-state index in [0.717, 1.165) is 16.3 Å². The van der Waals surface area contributed by atoms with Crippen LogP contribution in [0.5, 0.6) is 11.5 Å². The zero-order valence-corrected chi connectivity index (χ0v) is 26.5. The fourth-order valence-corrected chi connectivity index (χ4v) is 5.67. The van der Waals surface area contributed by atoms with Gasteiger partial charge in [-0.05, 0) is 54.8 Å². The summed E-state index contributed by atoms with van der Waals surface area (Å²) in [5, 5.41) is 11.3. The van der Waals surface area contributed by atoms with Gasteiger partial charge < -0.3 is 24.1 Å². The normalized spacial score (nSPS) is 19.6. The van der Waals surface area contributed by atoms with Gasteiger partial charge in [0, 0.05) is 18.2 Å². The SMILES string of the molecule is COc1ccc(C(OC[C@@]2(C)O[C@@H](n3cc(C)c(=O)n(NC(=O)C(F)(F)F)c3=O)CC2O)(c2ccccc2)c2ccc(OC)cc2)cc1. The van der Waals surface area contributed by atoms with Crippen molar-refractivity contribution in [3.05, 3.63) is 128 Å². The van der Waals surface area contributed by atoms with E-state index < -0.39 is 46.9 Å². The number of alkyl halides is 3. The number of hydrogen-bond donors (Lipinski definition) is 2. The quantitative estimate of drug-likeness (QED) is 0.243. The van der Waals surface area contributed by atoms with E-state index in [9.17, 15) is 32.7 Å². The molecule has 0 saturated carbocycles. The number of amides is 1. The van der Waals surface area contributed by atoms with E-state index in [1.165, 1.54) is 12.3 Å². The molecule has 1 saturated heterocycles. The van der Waals surface area contributed by atoms with E-state index in [1.54, 1.807) is 45.4 Å². The second kappa shape index (κ2) is 13.3. The highest BCUT2D eigenvalue weighted by molar-refractivity contribution is 5.88. The monoisotopic (exact) mass is 669 g/mol. The molecule has 0 bridgehead atoms. The van der Waals surface area contributed by atoms with Gasteiger partial charge in [-0.2, -0.15) is 17.8 Å². The average molecular weight is 670 g/mol. The lowest BCUT2D eigenvalue weighted by atomic mass is 9.79. The highest BCUT2D eigenvalue weighted by atomic mass is 19.4. The maximum atomic E-state index is 13.2. The predicted molar refractivity (Wildman–Crippen MR) is 168 cm³/mol. The van der Waals surface area contributed by atoms with Gasteiger partial charge in [0.25, 0.3) is 5.56 Å². The number of aromatic nitrogens is 2. The molecule has 1 unspecified atom stereocenters. The number of nitrogens with one attached hydrogen (secondary N) is 1. The molecule has 254 valence electrons. The van der Waals surface area contributed by atoms with Crippen LogP contribution in [0.1, 0.15) is 41.8 Å². The Kier molecular flexibility index (Phi) is 9.53. The molecule has 1 aliphatic heterocycles. The molecule has 11 nitrogen and oxygen atoms in total. The molecule has 48 heavy (non-hydrogen) atoms. The van der Waals surface area contributed by atoms with E-state index in [2.05, 4.69) is 0 Å². The molecule has 1 aliphatic rings. The van der Waals surface area contributed by atoms with E-state index in [-0.39, 0.29) is 23.3 Å². The summed E-state index contributed by atoms with van der Waals surface area (Å²) >= 11 is 0. The predicted octanol–water partition coefficient (Wildman–Crippen LogP) is 4.02. The smallest absolute Gasteiger partial charge is 0.472 e. The topological polar surface area (TPSA) is 130 Å². The number of ether oxygens (including phenoxy) is 4. The van der Waals surface area contributed by atoms with Crippen molar-refractivity contribution < 1.29 is 42.0 Å². The van der Waals surface area contributed by atoms with Crippen molar-refractivity contribution in [1.82, 2.24) is 9.24 Å². The summed E-state index contributed by atoms with van der Waals surface area (Å²) in [5.74, 6) is -1.26. The van der Waals surface area contributed by atoms with Crippen molar-refractivity contribution >= 4 is 5.91 Å². The summed E-state index contributed by atoms with van der Waals surface area (Å²) in [6, 6.07) is 24.0. The first kappa shape index (κ1) is 34.4. The molecule has 1 amide bonds. The molecule has 0 aliphatic carbocycles. The van der Waals surface area contributed by atoms with Gasteiger partial charge >= 0.3 is 17.8 Å². The van der Waals surface area contributed by atoms with Gasteiger partial charge in [-0.25, -0.2) is 10.2 Å². The third kappa shape index (κ3) is 6.46. The van der Waals surface area contributed by atoms with E-state index >= 15 is 0 Å². The number of halogens is 3. The second-order valence-electron chi connectivity index (χ2n) is 11.5. The maximum absolute atomic E-state index is 13.2. The van der Waals surface area contributed by atoms with Crippen molar-refractivity contribution in [3.63, 3.8) is 0 Å². The number of carbonyl (C=O) groups excluding carboxylic acids is 1. The minimum Gasteiger partial charge on any atom is -0.497 e. The third-order valence-electron chi connectivity index (χ3n) is 8.35. The summed E-state index contributed by atoms with van der Waals surface area (Å²) in [6.45, 7) is 2.60. The number of aryl methyl sites for hydroxylation is 1. The highest BCUT2D eigenvalue weighted by Crippen LogP contribution is 2.44. The number of benzene rings is 3. The number of aliphatic hydroxyl groups is 1. The Morgan fingerprint density at radius 1 is 0.938 bits per heavy atom. The van der Waals surface area contributed by atoms with Crippen LogP contribution < -0.4 is 26.1 Å². The Hall–Kier alpha value is -4.92. The lowest BCUT2D eigenvalue weighted by Gasteiger charge is -2.39. The standard InChI is InChI=1S/C34H34F3N3O8/c1-21-19-39(31(44)40(29(21)42)38-30(43)34(35,36)37)28-18-27(41)32(2,48-28)20-47-33(22-8-6-5-7-9-22,23-10-14-25(45-3)15-11-23)24-12-16-26(46-4)17-13-24/h5-17,19,27-28,41H,18,20H2,1-4H3,(H,38,43)/t27?,28-,32-/m1/s1. The molecule has 2 heterocycles. The van der Waals surface area contributed by atoms with Crippen molar-refractivity contribution in [1.29, 1.82) is 0 Å². The first-order valence-corrected chi connectivity index (χ1v) is 14.8. The van der Waals surface area contributed by atoms with Crippen LogP contribution in [-0.2, 0) is 19.9 Å². The molecule has 5 rings (SSSR count). The Morgan fingerprint density at radius 2 is 1.46 bits per heavy atom. The molecule has 0 spiro atoms. The van der Waals surface area contributed by atoms with Crippen LogP contribution in [0.3, 0.4) is 0 Å². The van der Waals surface area contributed by atoms with E-state index in [1.807, 2.05) is 54.6 Å². The summed E-state index contributed by atoms with van der Waals surface area (Å²) < 4.78 is 63.6. The number of rotatable bonds is 10. The number of carbonyl (C=O) groups is 1. The largest absolute Gasteiger partial charge is 0.497 e. The van der Waals surface area contributed by atoms with Crippen LogP contribution in [0, 0.1) is 6.92 Å². The Morgan fingerprint density at radius 3 is 1.96 bits per heavy atom. The van der Waals surface area contributed by atoms with E-state index in [0.29, 0.717) is 22.6 Å². The van der Waals surface area contributed by atoms with Crippen molar-refractivity contribution in [2.75, 3.05) is 26.3 Å². The van der Waals surface area contributed by atoms with Crippen LogP contribution in [0.2, 0.25) is 0 Å². The lowest BCUT2D eigenvalue weighted by Crippen LogP contribution is -2.51. The molecule has 2 N–H and O–H groups in total. The second-order valence-corrected chi connectivity index (χ2v) is 11.5. The van der Waals surface area contributed by atoms with Gasteiger partial charge in [0.15, 0.2) is 0 Å². The summed E-state index contributed by atoms with van der Waals surface area (Å²) in [7, 11) is 3.11. The minimum atomic E-state index is -5.35. The number of aliphatic hydroxyl groups excluding tert-OH is 1. The van der Waals surface area contributed by atoms with Crippen molar-refractivity contribution in [3.8, 4) is 11.5 Å². The fourth-order valence-electron chi connectivity index (χ4n) is 5.67. The molecule has 3 aromatic carbocycles. The number of nitrogens with zero attached hydrogens (tertiary/aromatic N) is 2. The molecule has 4 aromatic rings. The lowest BCUT2D eigenvalue weighted by molar-refractivity contribution is -0.168. The number of methoxy groups -OCH3 is 2. The third-order valence-corrected chi connectivity index (χ3v) is 8.35. The van der Waals surface area contributed by atoms with Gasteiger partial charge in [0.05, 0.1) is 26.9 Å². The van der Waals surface area contributed by atoms with Gasteiger partial charge in [0.2, 0.25) is 0 Å². The van der Waals surface area contributed by atoms with Gasteiger partial charge in [0.1, 0.15) is 28.9 Å². The van der Waals surface area contributed by atoms with Crippen LogP contribution >= 0.6 is 0 Å². The van der Waals surface area contributed by atoms with Gasteiger partial charge in [-0.1, -0.05) is 54.6 Å². The zero-order chi connectivity index (χ0) is 34.9. The minimum absolute atomic E-state index is 0.0269. The molecular formula is C34H34F3N3O8. The van der Waals surface area contributed by atoms with Crippen molar-refractivity contribution in [2.45, 2.75) is 50.0 Å². The van der Waals surface area contributed by atoms with Crippen LogP contribution in [0.4, 0.5) is 13.2 Å². The first-order valence-electron chi connectivity index (χ1n) is 14.8. The molecule has 1 fully saturated rings. The van der Waals surface area contributed by atoms with Crippen molar-refractivity contribution in [2.24, 2.45) is 0 Å². The first-order chi connectivity index (χ1) is 22.7. The maximum Gasteiger partial charge on any atom is 0.472 e. The summed E-state index contributed by atoms with van der Waals surface area (Å²) in [4.78, 5) is 37.4. The van der Waals surface area contributed by atoms with Gasteiger partial charge in [-0.3, -0.25) is 14.2 Å². The molecular weight excluding hydrogens is 635 g/mol. The fraction of sp³-hybridized carbons (Fsp3) is 0.324. The summed E-state index contributed by atoms with van der Waals surface area (Å²) in [6.07, 6.45) is -6.90. The van der Waals surface area contributed by atoms with E-state index in [4.69, 9.17) is 18.9 Å². The molecule has 1 aromatic heterocycles. The molecule has 3 atom stereocenters. The summed E-state index contributed by atoms with van der Waals surface area (Å²) in [5.41, 5.74) is -1.84. The van der Waals surface area contributed by atoms with Crippen LogP contribution in [-0.4, -0.2) is 59.0 Å². The Balaban J connectivity index is 1.55. The highest BCUT2D eigenvalue weighted by Gasteiger charge is 2.49. The van der Waals surface area contributed by atoms with Crippen LogP contribution in [0.15, 0.2) is 94.6 Å². The molecule has 0 radical (unpaired) electrons. The van der Waals surface area contributed by atoms with Gasteiger partial charge in [-0.15, -0.1) is 0 Å². The number of hydrogen-bond acceptors (Lipinski definition) is 8. The zero-order valence-electron chi connectivity index (χ0n) is 26.5. The molecule has 14 heteroatoms. The Bertz CT molecular complexity index is 1830. The average Bonchev–Trinajstić information content (AvgIpc) is 3.38. The van der Waals surface area contributed by atoms with Crippen LogP contribution in [0.25, 0.3) is 0 Å². The Labute approximate surface area is 273 Å².